The predicted molar refractivity (Wildman–Crippen MR) is 102 cm³/mol. The maximum atomic E-state index is 4.30. The van der Waals surface area contributed by atoms with E-state index in [4.69, 9.17) is 0 Å². The van der Waals surface area contributed by atoms with Crippen molar-refractivity contribution in [2.75, 3.05) is 0 Å². The van der Waals surface area contributed by atoms with Crippen molar-refractivity contribution in [3.05, 3.63) is 23.8 Å². The molecule has 0 heterocycles. The zero-order valence-electron chi connectivity index (χ0n) is 16.0. The van der Waals surface area contributed by atoms with E-state index < -0.39 is 0 Å². The van der Waals surface area contributed by atoms with Crippen LogP contribution < -0.4 is 0 Å². The molecule has 0 saturated heterocycles. The van der Waals surface area contributed by atoms with Gasteiger partial charge in [-0.05, 0) is 33.1 Å². The van der Waals surface area contributed by atoms with Crippen LogP contribution in [0.25, 0.3) is 0 Å². The van der Waals surface area contributed by atoms with Crippen molar-refractivity contribution in [1.29, 1.82) is 0 Å². The molecule has 0 aromatic heterocycles. The second-order valence-corrected chi connectivity index (χ2v) is 7.98. The van der Waals surface area contributed by atoms with Gasteiger partial charge in [-0.2, -0.15) is 0 Å². The Morgan fingerprint density at radius 1 is 0.905 bits per heavy atom. The SMILES string of the molecule is C=C(CCC=C(C)C)CCB(C(C)C(C)C)C(C)C(C)C. The number of allylic oxidation sites excluding steroid dienone is 3. The zero-order chi connectivity index (χ0) is 16.6. The van der Waals surface area contributed by atoms with Gasteiger partial charge in [0.1, 0.15) is 6.71 Å². The van der Waals surface area contributed by atoms with E-state index in [9.17, 15) is 0 Å². The Bertz CT molecular complexity index is 307. The van der Waals surface area contributed by atoms with Crippen LogP contribution in [0, 0.1) is 11.8 Å². The highest BCUT2D eigenvalue weighted by molar-refractivity contribution is 6.62. The standard InChI is InChI=1S/C20H39B/c1-15(2)11-10-12-18(7)13-14-21(19(8)16(3)4)20(9)17(5)6/h11,16-17,19-20H,7,10,12-14H2,1-6,8-9H3. The van der Waals surface area contributed by atoms with Crippen molar-refractivity contribution < 1.29 is 0 Å². The first-order valence-corrected chi connectivity index (χ1v) is 8.96. The minimum atomic E-state index is 0.773. The van der Waals surface area contributed by atoms with Crippen molar-refractivity contribution in [1.82, 2.24) is 0 Å². The van der Waals surface area contributed by atoms with Gasteiger partial charge in [-0.3, -0.25) is 0 Å². The molecule has 122 valence electrons. The monoisotopic (exact) mass is 290 g/mol. The number of hydrogen-bond donors (Lipinski definition) is 0. The van der Waals surface area contributed by atoms with Crippen LogP contribution in [0.4, 0.5) is 0 Å². The van der Waals surface area contributed by atoms with Gasteiger partial charge in [0.25, 0.3) is 0 Å². The maximum absolute atomic E-state index is 4.30. The highest BCUT2D eigenvalue weighted by atomic mass is 14.1. The molecule has 2 atom stereocenters. The van der Waals surface area contributed by atoms with Gasteiger partial charge in [-0.1, -0.05) is 95.1 Å². The maximum Gasteiger partial charge on any atom is 0.146 e. The molecular formula is C20H39B. The third-order valence-corrected chi connectivity index (χ3v) is 5.34. The van der Waals surface area contributed by atoms with Gasteiger partial charge in [0.05, 0.1) is 0 Å². The summed E-state index contributed by atoms with van der Waals surface area (Å²) in [6, 6.07) is 0. The van der Waals surface area contributed by atoms with Crippen molar-refractivity contribution in [2.45, 2.75) is 92.6 Å². The van der Waals surface area contributed by atoms with Gasteiger partial charge in [0.15, 0.2) is 0 Å². The fourth-order valence-corrected chi connectivity index (χ4v) is 3.05. The Balaban J connectivity index is 4.48. The summed E-state index contributed by atoms with van der Waals surface area (Å²) in [5.74, 6) is 3.14. The van der Waals surface area contributed by atoms with Gasteiger partial charge < -0.3 is 0 Å². The lowest BCUT2D eigenvalue weighted by molar-refractivity contribution is 0.558. The molecular weight excluding hydrogens is 251 g/mol. The molecule has 0 bridgehead atoms. The molecule has 0 spiro atoms. The molecule has 0 nitrogen and oxygen atoms in total. The van der Waals surface area contributed by atoms with Crippen LogP contribution in [-0.4, -0.2) is 6.71 Å². The summed E-state index contributed by atoms with van der Waals surface area (Å²) in [7, 11) is 0. The van der Waals surface area contributed by atoms with Gasteiger partial charge in [-0.25, -0.2) is 0 Å². The highest BCUT2D eigenvalue weighted by Gasteiger charge is 2.30. The third kappa shape index (κ3) is 8.54. The smallest absolute Gasteiger partial charge is 0.0999 e. The van der Waals surface area contributed by atoms with Crippen molar-refractivity contribution >= 4 is 6.71 Å². The molecule has 0 aromatic rings. The second-order valence-electron chi connectivity index (χ2n) is 7.98. The summed E-state index contributed by atoms with van der Waals surface area (Å²) in [5.41, 5.74) is 2.85. The average molecular weight is 290 g/mol. The Morgan fingerprint density at radius 3 is 1.76 bits per heavy atom. The fraction of sp³-hybridized carbons (Fsp3) is 0.800. The molecule has 1 heteroatoms. The first-order chi connectivity index (χ1) is 9.66. The van der Waals surface area contributed by atoms with Crippen LogP contribution >= 0.6 is 0 Å². The van der Waals surface area contributed by atoms with Gasteiger partial charge in [0, 0.05) is 0 Å². The molecule has 21 heavy (non-hydrogen) atoms. The van der Waals surface area contributed by atoms with Crippen LogP contribution in [0.3, 0.4) is 0 Å². The number of hydrogen-bond acceptors (Lipinski definition) is 0. The highest BCUT2D eigenvalue weighted by Crippen LogP contribution is 2.36. The van der Waals surface area contributed by atoms with E-state index in [-0.39, 0.29) is 0 Å². The Hall–Kier alpha value is -0.455. The van der Waals surface area contributed by atoms with Gasteiger partial charge in [-0.15, -0.1) is 0 Å². The first kappa shape index (κ1) is 20.5. The Morgan fingerprint density at radius 2 is 1.38 bits per heavy atom. The summed E-state index contributed by atoms with van der Waals surface area (Å²) in [6.45, 7) is 23.8. The van der Waals surface area contributed by atoms with E-state index in [1.807, 2.05) is 0 Å². The molecule has 0 aliphatic heterocycles. The summed E-state index contributed by atoms with van der Waals surface area (Å²) in [6.07, 6.45) is 7.16. The molecule has 0 radical (unpaired) electrons. The van der Waals surface area contributed by atoms with Crippen molar-refractivity contribution in [3.63, 3.8) is 0 Å². The number of rotatable bonds is 10. The lowest BCUT2D eigenvalue weighted by Crippen LogP contribution is -2.29. The quantitative estimate of drug-likeness (QED) is 0.293. The molecule has 0 amide bonds. The Labute approximate surface area is 135 Å². The summed E-state index contributed by atoms with van der Waals surface area (Å²) in [4.78, 5) is 0. The fourth-order valence-electron chi connectivity index (χ4n) is 3.05. The van der Waals surface area contributed by atoms with E-state index in [1.54, 1.807) is 0 Å². The topological polar surface area (TPSA) is 0 Å². The summed E-state index contributed by atoms with van der Waals surface area (Å²) >= 11 is 0. The molecule has 0 aliphatic carbocycles. The molecule has 0 aliphatic rings. The van der Waals surface area contributed by atoms with E-state index in [0.29, 0.717) is 0 Å². The van der Waals surface area contributed by atoms with E-state index >= 15 is 0 Å². The lowest BCUT2D eigenvalue weighted by Gasteiger charge is -2.32. The predicted octanol–water partition coefficient (Wildman–Crippen LogP) is 7.27. The normalized spacial score (nSPS) is 14.2. The van der Waals surface area contributed by atoms with Crippen LogP contribution in [0.5, 0.6) is 0 Å². The largest absolute Gasteiger partial charge is 0.146 e. The minimum absolute atomic E-state index is 0.773. The Kier molecular flexibility index (Phi) is 10.1. The van der Waals surface area contributed by atoms with Gasteiger partial charge in [0.2, 0.25) is 0 Å². The first-order valence-electron chi connectivity index (χ1n) is 8.96. The van der Waals surface area contributed by atoms with Crippen LogP contribution in [0.2, 0.25) is 18.0 Å². The average Bonchev–Trinajstić information content (AvgIpc) is 2.37. The molecule has 0 N–H and O–H groups in total. The molecule has 0 fully saturated rings. The molecule has 0 saturated carbocycles. The van der Waals surface area contributed by atoms with Gasteiger partial charge >= 0.3 is 0 Å². The molecule has 2 unspecified atom stereocenters. The zero-order valence-corrected chi connectivity index (χ0v) is 16.0. The van der Waals surface area contributed by atoms with E-state index in [1.165, 1.54) is 23.9 Å². The van der Waals surface area contributed by atoms with Crippen LogP contribution in [-0.2, 0) is 0 Å². The molecule has 0 rings (SSSR count). The summed E-state index contributed by atoms with van der Waals surface area (Å²) in [5, 5.41) is 0. The molecule has 0 aromatic carbocycles. The van der Waals surface area contributed by atoms with Crippen LogP contribution in [0.1, 0.15) is 74.7 Å². The summed E-state index contributed by atoms with van der Waals surface area (Å²) < 4.78 is 0. The lowest BCUT2D eigenvalue weighted by atomic mass is 9.29. The van der Waals surface area contributed by atoms with E-state index in [0.717, 1.165) is 43.0 Å². The van der Waals surface area contributed by atoms with E-state index in [2.05, 4.69) is 68.0 Å². The van der Waals surface area contributed by atoms with Crippen molar-refractivity contribution in [3.8, 4) is 0 Å². The van der Waals surface area contributed by atoms with Crippen molar-refractivity contribution in [2.24, 2.45) is 11.8 Å². The minimum Gasteiger partial charge on any atom is -0.0999 e. The van der Waals surface area contributed by atoms with Crippen LogP contribution in [0.15, 0.2) is 23.8 Å². The second kappa shape index (κ2) is 10.3. The third-order valence-electron chi connectivity index (χ3n) is 5.34.